The molecule has 0 N–H and O–H groups in total. The molecule has 0 aliphatic rings. The van der Waals surface area contributed by atoms with Gasteiger partial charge in [-0.3, -0.25) is 4.98 Å². The summed E-state index contributed by atoms with van der Waals surface area (Å²) in [6.07, 6.45) is 1.75. The summed E-state index contributed by atoms with van der Waals surface area (Å²) in [5.41, 5.74) is 2.83. The Labute approximate surface area is 142 Å². The van der Waals surface area contributed by atoms with E-state index >= 15 is 0 Å². The van der Waals surface area contributed by atoms with Crippen molar-refractivity contribution in [3.8, 4) is 11.3 Å². The van der Waals surface area contributed by atoms with E-state index in [1.165, 1.54) is 0 Å². The van der Waals surface area contributed by atoms with Crippen molar-refractivity contribution in [1.29, 1.82) is 0 Å². The molecule has 2 aromatic carbocycles. The summed E-state index contributed by atoms with van der Waals surface area (Å²) in [4.78, 5) is 21.6. The summed E-state index contributed by atoms with van der Waals surface area (Å²) in [5, 5.41) is 2.88. The molecule has 0 atom stereocenters. The third kappa shape index (κ3) is 2.19. The van der Waals surface area contributed by atoms with Crippen LogP contribution >= 0.6 is 0 Å². The molecule has 0 bridgehead atoms. The van der Waals surface area contributed by atoms with Crippen LogP contribution in [-0.4, -0.2) is 9.97 Å². The third-order valence-electron chi connectivity index (χ3n) is 4.35. The first kappa shape index (κ1) is 13.9. The molecule has 0 radical (unpaired) electrons. The van der Waals surface area contributed by atoms with Crippen LogP contribution in [0.15, 0.2) is 82.1 Å². The van der Waals surface area contributed by atoms with Crippen LogP contribution in [0.4, 0.5) is 0 Å². The number of rotatable bonds is 1. The van der Waals surface area contributed by atoms with Gasteiger partial charge in [0.1, 0.15) is 5.58 Å². The second-order valence-electron chi connectivity index (χ2n) is 5.89. The van der Waals surface area contributed by atoms with Crippen LogP contribution in [0, 0.1) is 0 Å². The maximum absolute atomic E-state index is 12.4. The molecular formula is C21H12N2O2. The Balaban J connectivity index is 1.82. The number of hydrogen-bond acceptors (Lipinski definition) is 4. The van der Waals surface area contributed by atoms with Gasteiger partial charge in [-0.05, 0) is 24.3 Å². The van der Waals surface area contributed by atoms with Gasteiger partial charge in [-0.15, -0.1) is 0 Å². The number of aromatic nitrogens is 2. The molecule has 5 aromatic rings. The number of hydrogen-bond donors (Lipinski definition) is 0. The predicted octanol–water partition coefficient (Wildman–Crippen LogP) is 4.56. The van der Waals surface area contributed by atoms with Gasteiger partial charge in [0.2, 0.25) is 0 Å². The van der Waals surface area contributed by atoms with Crippen molar-refractivity contribution in [3.63, 3.8) is 0 Å². The van der Waals surface area contributed by atoms with Gasteiger partial charge in [0.15, 0.2) is 0 Å². The van der Waals surface area contributed by atoms with Crippen LogP contribution in [-0.2, 0) is 0 Å². The van der Waals surface area contributed by atoms with Gasteiger partial charge in [0.25, 0.3) is 0 Å². The molecule has 0 spiro atoms. The summed E-state index contributed by atoms with van der Waals surface area (Å²) in [6.45, 7) is 0. The quantitative estimate of drug-likeness (QED) is 0.335. The number of benzene rings is 2. The Morgan fingerprint density at radius 1 is 0.760 bits per heavy atom. The monoisotopic (exact) mass is 324 g/mol. The summed E-state index contributed by atoms with van der Waals surface area (Å²) in [7, 11) is 0. The third-order valence-corrected chi connectivity index (χ3v) is 4.35. The molecule has 3 aromatic heterocycles. The van der Waals surface area contributed by atoms with E-state index in [-0.39, 0.29) is 0 Å². The van der Waals surface area contributed by atoms with Gasteiger partial charge in [0.05, 0.1) is 22.3 Å². The lowest BCUT2D eigenvalue weighted by Crippen LogP contribution is -2.04. The maximum atomic E-state index is 12.4. The Hall–Kier alpha value is -3.53. The number of nitrogens with zero attached hydrogens (tertiary/aromatic N) is 2. The fourth-order valence-corrected chi connectivity index (χ4v) is 3.11. The molecule has 0 saturated carbocycles. The van der Waals surface area contributed by atoms with Gasteiger partial charge in [0, 0.05) is 22.4 Å². The van der Waals surface area contributed by atoms with Crippen molar-refractivity contribution in [2.24, 2.45) is 0 Å². The van der Waals surface area contributed by atoms with E-state index in [0.717, 1.165) is 27.2 Å². The minimum Gasteiger partial charge on any atom is -0.422 e. The van der Waals surface area contributed by atoms with E-state index in [4.69, 9.17) is 9.40 Å². The van der Waals surface area contributed by atoms with Gasteiger partial charge in [-0.25, -0.2) is 9.78 Å². The summed E-state index contributed by atoms with van der Waals surface area (Å²) in [5.74, 6) is 0. The molecule has 0 fully saturated rings. The molecule has 0 aliphatic heterocycles. The van der Waals surface area contributed by atoms with Crippen LogP contribution in [0.2, 0.25) is 0 Å². The number of pyridine rings is 2. The second-order valence-corrected chi connectivity index (χ2v) is 5.89. The lowest BCUT2D eigenvalue weighted by atomic mass is 10.1. The van der Waals surface area contributed by atoms with Crippen LogP contribution in [0.5, 0.6) is 0 Å². The van der Waals surface area contributed by atoms with Crippen molar-refractivity contribution in [3.05, 3.63) is 83.3 Å². The van der Waals surface area contributed by atoms with Gasteiger partial charge in [-0.2, -0.15) is 0 Å². The zero-order chi connectivity index (χ0) is 16.8. The topological polar surface area (TPSA) is 56.0 Å². The van der Waals surface area contributed by atoms with Gasteiger partial charge < -0.3 is 4.42 Å². The molecular weight excluding hydrogens is 312 g/mol. The SMILES string of the molecule is O=c1oc2ccccc2cc1-c1ccc2ccc3cccnc3c2n1. The number of para-hydroxylation sites is 1. The highest BCUT2D eigenvalue weighted by atomic mass is 16.4. The molecule has 118 valence electrons. The van der Waals surface area contributed by atoms with E-state index < -0.39 is 5.63 Å². The fraction of sp³-hybridized carbons (Fsp3) is 0. The minimum atomic E-state index is -0.390. The summed E-state index contributed by atoms with van der Waals surface area (Å²) in [6, 6.07) is 21.0. The smallest absolute Gasteiger partial charge is 0.345 e. The minimum absolute atomic E-state index is 0.390. The lowest BCUT2D eigenvalue weighted by Gasteiger charge is -2.06. The Morgan fingerprint density at radius 3 is 2.44 bits per heavy atom. The molecule has 0 unspecified atom stereocenters. The fourth-order valence-electron chi connectivity index (χ4n) is 3.11. The average Bonchev–Trinajstić information content (AvgIpc) is 2.67. The lowest BCUT2D eigenvalue weighted by molar-refractivity contribution is 0.563. The first-order valence-electron chi connectivity index (χ1n) is 7.97. The van der Waals surface area contributed by atoms with Crippen LogP contribution in [0.3, 0.4) is 0 Å². The van der Waals surface area contributed by atoms with Crippen LogP contribution in [0.25, 0.3) is 44.0 Å². The average molecular weight is 324 g/mol. The zero-order valence-corrected chi connectivity index (χ0v) is 13.1. The maximum Gasteiger partial charge on any atom is 0.345 e. The van der Waals surface area contributed by atoms with Gasteiger partial charge >= 0.3 is 5.63 Å². The van der Waals surface area contributed by atoms with Gasteiger partial charge in [-0.1, -0.05) is 42.5 Å². The molecule has 5 rings (SSSR count). The Bertz CT molecular complexity index is 1320. The van der Waals surface area contributed by atoms with Crippen molar-refractivity contribution in [2.75, 3.05) is 0 Å². The molecule has 25 heavy (non-hydrogen) atoms. The second kappa shape index (κ2) is 5.24. The molecule has 4 heteroatoms. The first-order chi connectivity index (χ1) is 12.3. The molecule has 0 aliphatic carbocycles. The van der Waals surface area contributed by atoms with Crippen molar-refractivity contribution < 1.29 is 4.42 Å². The normalized spacial score (nSPS) is 11.4. The number of fused-ring (bicyclic) bond motifs is 4. The van der Waals surface area contributed by atoms with Crippen LogP contribution in [0.1, 0.15) is 0 Å². The highest BCUT2D eigenvalue weighted by Gasteiger charge is 2.11. The van der Waals surface area contributed by atoms with Crippen LogP contribution < -0.4 is 5.63 Å². The molecule has 0 amide bonds. The summed E-state index contributed by atoms with van der Waals surface area (Å²) < 4.78 is 5.44. The molecule has 4 nitrogen and oxygen atoms in total. The first-order valence-corrected chi connectivity index (χ1v) is 7.97. The highest BCUT2D eigenvalue weighted by Crippen LogP contribution is 2.26. The van der Waals surface area contributed by atoms with Crippen molar-refractivity contribution >= 4 is 32.8 Å². The largest absolute Gasteiger partial charge is 0.422 e. The van der Waals surface area contributed by atoms with Crippen molar-refractivity contribution in [2.45, 2.75) is 0 Å². The zero-order valence-electron chi connectivity index (χ0n) is 13.1. The standard InChI is InChI=1S/C21H12N2O2/c24-21-16(12-15-4-1-2-6-18(15)25-21)17-10-9-14-8-7-13-5-3-11-22-19(13)20(14)23-17/h1-12H. The summed E-state index contributed by atoms with van der Waals surface area (Å²) >= 11 is 0. The van der Waals surface area contributed by atoms with Crippen molar-refractivity contribution in [1.82, 2.24) is 9.97 Å². The Kier molecular flexibility index (Phi) is 2.91. The molecule has 0 saturated heterocycles. The van der Waals surface area contributed by atoms with E-state index in [1.807, 2.05) is 60.7 Å². The Morgan fingerprint density at radius 2 is 1.52 bits per heavy atom. The van der Waals surface area contributed by atoms with E-state index in [1.54, 1.807) is 12.3 Å². The highest BCUT2D eigenvalue weighted by molar-refractivity contribution is 6.03. The van der Waals surface area contributed by atoms with E-state index in [0.29, 0.717) is 16.8 Å². The molecule has 3 heterocycles. The predicted molar refractivity (Wildman–Crippen MR) is 98.5 cm³/mol. The van der Waals surface area contributed by atoms with E-state index in [9.17, 15) is 4.79 Å². The van der Waals surface area contributed by atoms with E-state index in [2.05, 4.69) is 4.98 Å².